The van der Waals surface area contributed by atoms with Crippen molar-refractivity contribution in [1.82, 2.24) is 3.71 Å². The fourth-order valence-electron chi connectivity index (χ4n) is 2.25. The quantitative estimate of drug-likeness (QED) is 0.640. The van der Waals surface area contributed by atoms with E-state index in [1.165, 1.54) is 55.6 Å². The average molecular weight is 418 g/mol. The Morgan fingerprint density at radius 3 is 1.88 bits per heavy atom. The lowest BCUT2D eigenvalue weighted by Crippen LogP contribution is -2.39. The predicted octanol–water partition coefficient (Wildman–Crippen LogP) is 2.13. The summed E-state index contributed by atoms with van der Waals surface area (Å²) in [5.41, 5.74) is 0. The fraction of sp³-hybridized carbons (Fsp3) is 0.250. The number of halogens is 1. The first-order valence-electron chi connectivity index (χ1n) is 7.54. The molecule has 1 aliphatic rings. The molecule has 2 aromatic carbocycles. The Morgan fingerprint density at radius 1 is 1.00 bits per heavy atom. The number of sulfonamides is 2. The van der Waals surface area contributed by atoms with Gasteiger partial charge >= 0.3 is 0 Å². The molecule has 2 aromatic rings. The van der Waals surface area contributed by atoms with E-state index in [0.717, 1.165) is 0 Å². The Balaban J connectivity index is 2.05. The lowest BCUT2D eigenvalue weighted by Gasteiger charge is -2.21. The molecule has 0 saturated carbocycles. The van der Waals surface area contributed by atoms with E-state index in [0.29, 0.717) is 21.1 Å². The molecule has 10 heteroatoms. The third kappa shape index (κ3) is 3.86. The minimum absolute atomic E-state index is 0.156. The van der Waals surface area contributed by atoms with Gasteiger partial charge in [-0.3, -0.25) is 0 Å². The van der Waals surface area contributed by atoms with Crippen molar-refractivity contribution in [2.75, 3.05) is 20.3 Å². The average Bonchev–Trinajstić information content (AvgIpc) is 3.44. The summed E-state index contributed by atoms with van der Waals surface area (Å²) in [6, 6.07) is 10.8. The monoisotopic (exact) mass is 417 g/mol. The van der Waals surface area contributed by atoms with E-state index in [4.69, 9.17) is 21.1 Å². The van der Waals surface area contributed by atoms with Crippen molar-refractivity contribution in [1.29, 1.82) is 0 Å². The number of nitrogens with zero attached hydrogens (tertiary/aromatic N) is 1. The molecular formula is C16H16ClNO6S2. The van der Waals surface area contributed by atoms with E-state index >= 15 is 0 Å². The molecule has 1 fully saturated rings. The summed E-state index contributed by atoms with van der Waals surface area (Å²) >= 11 is 5.79. The fourth-order valence-corrected chi connectivity index (χ4v) is 6.09. The molecule has 1 heterocycles. The van der Waals surface area contributed by atoms with Crippen LogP contribution in [-0.4, -0.2) is 46.9 Å². The van der Waals surface area contributed by atoms with Crippen LogP contribution in [0.25, 0.3) is 0 Å². The zero-order valence-corrected chi connectivity index (χ0v) is 16.1. The molecule has 7 nitrogen and oxygen atoms in total. The van der Waals surface area contributed by atoms with Gasteiger partial charge in [-0.05, 0) is 48.5 Å². The first kappa shape index (κ1) is 19.1. The largest absolute Gasteiger partial charge is 0.497 e. The highest BCUT2D eigenvalue weighted by Gasteiger charge is 2.41. The van der Waals surface area contributed by atoms with Gasteiger partial charge in [0.15, 0.2) is 0 Å². The van der Waals surface area contributed by atoms with Crippen molar-refractivity contribution in [2.45, 2.75) is 15.9 Å². The number of hydrogen-bond acceptors (Lipinski definition) is 6. The zero-order valence-electron chi connectivity index (χ0n) is 13.7. The van der Waals surface area contributed by atoms with E-state index in [2.05, 4.69) is 0 Å². The van der Waals surface area contributed by atoms with E-state index in [-0.39, 0.29) is 16.3 Å². The Labute approximate surface area is 157 Å². The maximum absolute atomic E-state index is 13.0. The van der Waals surface area contributed by atoms with Gasteiger partial charge in [-0.2, -0.15) is 0 Å². The number of rotatable bonds is 7. The minimum atomic E-state index is -4.32. The molecule has 3 rings (SSSR count). The van der Waals surface area contributed by atoms with Crippen LogP contribution < -0.4 is 4.74 Å². The van der Waals surface area contributed by atoms with Gasteiger partial charge in [0.05, 0.1) is 36.2 Å². The molecule has 1 aliphatic heterocycles. The molecule has 0 spiro atoms. The van der Waals surface area contributed by atoms with Crippen LogP contribution in [0.15, 0.2) is 58.3 Å². The van der Waals surface area contributed by atoms with Crippen LogP contribution in [-0.2, 0) is 24.8 Å². The Kier molecular flexibility index (Phi) is 5.27. The SMILES string of the molecule is COc1ccc(S(=O)(=O)N(CC2CO2)S(=O)(=O)c2ccc(Cl)cc2)cc1. The summed E-state index contributed by atoms with van der Waals surface area (Å²) in [5.74, 6) is 0.460. The lowest BCUT2D eigenvalue weighted by molar-refractivity contribution is 0.379. The van der Waals surface area contributed by atoms with Gasteiger partial charge in [-0.25, -0.2) is 16.8 Å². The molecule has 0 amide bonds. The molecule has 0 aromatic heterocycles. The Morgan fingerprint density at radius 2 is 1.46 bits per heavy atom. The molecule has 0 bridgehead atoms. The number of epoxide rings is 1. The topological polar surface area (TPSA) is 93.3 Å². The molecular weight excluding hydrogens is 402 g/mol. The van der Waals surface area contributed by atoms with Crippen LogP contribution in [0.3, 0.4) is 0 Å². The third-order valence-corrected chi connectivity index (χ3v) is 8.30. The van der Waals surface area contributed by atoms with E-state index in [1.807, 2.05) is 0 Å². The number of benzene rings is 2. The highest BCUT2D eigenvalue weighted by Crippen LogP contribution is 2.28. The van der Waals surface area contributed by atoms with Crippen LogP contribution in [0, 0.1) is 0 Å². The van der Waals surface area contributed by atoms with Gasteiger partial charge in [0.1, 0.15) is 5.75 Å². The second-order valence-corrected chi connectivity index (χ2v) is 9.94. The van der Waals surface area contributed by atoms with Crippen molar-refractivity contribution in [2.24, 2.45) is 0 Å². The maximum Gasteiger partial charge on any atom is 0.256 e. The summed E-state index contributed by atoms with van der Waals surface area (Å²) in [5, 5.41) is 0.346. The summed E-state index contributed by atoms with van der Waals surface area (Å²) in [4.78, 5) is -0.323. The lowest BCUT2D eigenvalue weighted by atomic mass is 10.3. The van der Waals surface area contributed by atoms with Gasteiger partial charge in [0, 0.05) is 5.02 Å². The third-order valence-electron chi connectivity index (χ3n) is 3.76. The molecule has 26 heavy (non-hydrogen) atoms. The molecule has 0 N–H and O–H groups in total. The number of methoxy groups -OCH3 is 1. The zero-order chi connectivity index (χ0) is 18.9. The van der Waals surface area contributed by atoms with Crippen molar-refractivity contribution in [3.05, 3.63) is 53.6 Å². The van der Waals surface area contributed by atoms with E-state index in [9.17, 15) is 16.8 Å². The number of hydrogen-bond donors (Lipinski definition) is 0. The normalized spacial score (nSPS) is 17.3. The first-order valence-corrected chi connectivity index (χ1v) is 10.8. The minimum Gasteiger partial charge on any atom is -0.497 e. The van der Waals surface area contributed by atoms with Crippen LogP contribution in [0.2, 0.25) is 5.02 Å². The maximum atomic E-state index is 13.0. The first-order chi connectivity index (χ1) is 12.2. The van der Waals surface area contributed by atoms with Crippen LogP contribution in [0.1, 0.15) is 0 Å². The van der Waals surface area contributed by atoms with Gasteiger partial charge in [-0.1, -0.05) is 15.3 Å². The van der Waals surface area contributed by atoms with Gasteiger partial charge in [0.25, 0.3) is 20.0 Å². The predicted molar refractivity (Wildman–Crippen MR) is 95.3 cm³/mol. The van der Waals surface area contributed by atoms with Crippen molar-refractivity contribution in [3.63, 3.8) is 0 Å². The standard InChI is InChI=1S/C16H16ClNO6S2/c1-23-13-4-8-16(9-5-13)26(21,22)18(10-14-11-24-14)25(19,20)15-6-2-12(17)3-7-15/h2-9,14H,10-11H2,1H3. The van der Waals surface area contributed by atoms with E-state index < -0.39 is 26.2 Å². The van der Waals surface area contributed by atoms with Crippen molar-refractivity contribution in [3.8, 4) is 5.75 Å². The molecule has 140 valence electrons. The second-order valence-electron chi connectivity index (χ2n) is 5.55. The van der Waals surface area contributed by atoms with Crippen LogP contribution in [0.4, 0.5) is 0 Å². The highest BCUT2D eigenvalue weighted by molar-refractivity contribution is 8.04. The van der Waals surface area contributed by atoms with Gasteiger partial charge in [-0.15, -0.1) is 0 Å². The van der Waals surface area contributed by atoms with Gasteiger partial charge in [0.2, 0.25) is 0 Å². The van der Waals surface area contributed by atoms with Crippen molar-refractivity contribution >= 4 is 31.6 Å². The molecule has 1 atom stereocenters. The summed E-state index contributed by atoms with van der Waals surface area (Å²) in [7, 11) is -7.19. The smallest absolute Gasteiger partial charge is 0.256 e. The van der Waals surface area contributed by atoms with Crippen LogP contribution in [0.5, 0.6) is 5.75 Å². The second kappa shape index (κ2) is 7.16. The summed E-state index contributed by atoms with van der Waals surface area (Å²) in [6.45, 7) is 0.0179. The molecule has 0 aliphatic carbocycles. The summed E-state index contributed by atoms with van der Waals surface area (Å²) in [6.07, 6.45) is -0.454. The number of ether oxygens (including phenoxy) is 2. The summed E-state index contributed by atoms with van der Waals surface area (Å²) < 4.78 is 62.5. The highest BCUT2D eigenvalue weighted by atomic mass is 35.5. The Bertz CT molecular complexity index is 984. The van der Waals surface area contributed by atoms with Crippen LogP contribution >= 0.6 is 11.6 Å². The van der Waals surface area contributed by atoms with Crippen molar-refractivity contribution < 1.29 is 26.3 Å². The molecule has 1 saturated heterocycles. The molecule has 1 unspecified atom stereocenters. The van der Waals surface area contributed by atoms with E-state index in [1.54, 1.807) is 0 Å². The Hall–Kier alpha value is -1.65. The molecule has 0 radical (unpaired) electrons. The van der Waals surface area contributed by atoms with Gasteiger partial charge < -0.3 is 9.47 Å².